The molecule has 1 aromatic carbocycles. The third-order valence-electron chi connectivity index (χ3n) is 6.45. The SMILES string of the molecule is Cc1c(COCCC2CCCCC2)oc2cccc(OCCCNCc3cccnc3)c12. The van der Waals surface area contributed by atoms with Crippen molar-refractivity contribution in [1.82, 2.24) is 10.3 Å². The zero-order valence-electron chi connectivity index (χ0n) is 19.3. The fraction of sp³-hybridized carbons (Fsp3) is 0.519. The lowest BCUT2D eigenvalue weighted by Crippen LogP contribution is -2.17. The van der Waals surface area contributed by atoms with Gasteiger partial charge in [0.25, 0.3) is 0 Å². The van der Waals surface area contributed by atoms with Crippen LogP contribution in [0, 0.1) is 12.8 Å². The number of furan rings is 1. The van der Waals surface area contributed by atoms with Gasteiger partial charge in [-0.15, -0.1) is 0 Å². The summed E-state index contributed by atoms with van der Waals surface area (Å²) in [6.45, 7) is 5.84. The topological polar surface area (TPSA) is 56.5 Å². The van der Waals surface area contributed by atoms with Crippen LogP contribution in [0.15, 0.2) is 47.1 Å². The van der Waals surface area contributed by atoms with Gasteiger partial charge in [-0.1, -0.05) is 44.2 Å². The molecule has 0 saturated heterocycles. The molecule has 0 bridgehead atoms. The van der Waals surface area contributed by atoms with E-state index in [4.69, 9.17) is 13.9 Å². The Labute approximate surface area is 191 Å². The van der Waals surface area contributed by atoms with E-state index in [1.54, 1.807) is 6.20 Å². The van der Waals surface area contributed by atoms with Crippen LogP contribution in [0.1, 0.15) is 61.8 Å². The van der Waals surface area contributed by atoms with Gasteiger partial charge in [0.2, 0.25) is 0 Å². The Morgan fingerprint density at radius 2 is 2.00 bits per heavy atom. The number of aromatic nitrogens is 1. The number of benzene rings is 1. The van der Waals surface area contributed by atoms with Gasteiger partial charge < -0.3 is 19.2 Å². The normalized spacial score (nSPS) is 14.8. The van der Waals surface area contributed by atoms with E-state index < -0.39 is 0 Å². The summed E-state index contributed by atoms with van der Waals surface area (Å²) in [5.41, 5.74) is 3.20. The molecule has 0 spiro atoms. The molecule has 5 heteroatoms. The van der Waals surface area contributed by atoms with Crippen molar-refractivity contribution < 1.29 is 13.9 Å². The van der Waals surface area contributed by atoms with Crippen LogP contribution in [-0.4, -0.2) is 24.7 Å². The summed E-state index contributed by atoms with van der Waals surface area (Å²) in [5, 5.41) is 4.51. The molecule has 32 heavy (non-hydrogen) atoms. The van der Waals surface area contributed by atoms with Gasteiger partial charge in [-0.2, -0.15) is 0 Å². The van der Waals surface area contributed by atoms with Crippen molar-refractivity contribution in [2.75, 3.05) is 19.8 Å². The highest BCUT2D eigenvalue weighted by molar-refractivity contribution is 5.88. The lowest BCUT2D eigenvalue weighted by molar-refractivity contribution is 0.0898. The Bertz CT molecular complexity index is 948. The molecular weight excluding hydrogens is 400 g/mol. The second-order valence-corrected chi connectivity index (χ2v) is 8.86. The Balaban J connectivity index is 1.23. The minimum absolute atomic E-state index is 0.533. The van der Waals surface area contributed by atoms with Crippen LogP contribution < -0.4 is 10.1 Å². The number of nitrogens with zero attached hydrogens (tertiary/aromatic N) is 1. The van der Waals surface area contributed by atoms with Crippen molar-refractivity contribution in [1.29, 1.82) is 0 Å². The van der Waals surface area contributed by atoms with Gasteiger partial charge in [0.1, 0.15) is 23.7 Å². The summed E-state index contributed by atoms with van der Waals surface area (Å²) in [6, 6.07) is 10.1. The van der Waals surface area contributed by atoms with Gasteiger partial charge in [-0.05, 0) is 56.0 Å². The molecule has 2 heterocycles. The summed E-state index contributed by atoms with van der Waals surface area (Å²) in [6.07, 6.45) is 12.7. The van der Waals surface area contributed by atoms with E-state index in [0.29, 0.717) is 13.2 Å². The van der Waals surface area contributed by atoms with Gasteiger partial charge in [0, 0.05) is 31.1 Å². The Kier molecular flexibility index (Phi) is 8.57. The van der Waals surface area contributed by atoms with Gasteiger partial charge in [-0.3, -0.25) is 4.98 Å². The standard InChI is InChI=1S/C27H36N2O3/c1-21-26(20-30-17-13-22-8-3-2-4-9-22)32-25-12-5-11-24(27(21)25)31-16-7-15-29-19-23-10-6-14-28-18-23/h5-6,10-12,14,18,22,29H,2-4,7-9,13,15-17,19-20H2,1H3. The van der Waals surface area contributed by atoms with Gasteiger partial charge in [0.05, 0.1) is 12.0 Å². The average Bonchev–Trinajstić information content (AvgIpc) is 3.16. The van der Waals surface area contributed by atoms with Crippen LogP contribution in [-0.2, 0) is 17.9 Å². The molecule has 4 rings (SSSR count). The molecule has 172 valence electrons. The Morgan fingerprint density at radius 3 is 2.84 bits per heavy atom. The number of hydrogen-bond acceptors (Lipinski definition) is 5. The number of fused-ring (bicyclic) bond motifs is 1. The molecule has 0 aliphatic heterocycles. The second kappa shape index (κ2) is 12.0. The fourth-order valence-electron chi connectivity index (χ4n) is 4.58. The molecule has 0 amide bonds. The molecule has 1 aliphatic carbocycles. The monoisotopic (exact) mass is 436 g/mol. The number of aryl methyl sites for hydroxylation is 1. The lowest BCUT2D eigenvalue weighted by Gasteiger charge is -2.21. The summed E-state index contributed by atoms with van der Waals surface area (Å²) >= 11 is 0. The highest BCUT2D eigenvalue weighted by Crippen LogP contribution is 2.34. The molecule has 1 saturated carbocycles. The van der Waals surface area contributed by atoms with Crippen LogP contribution in [0.25, 0.3) is 11.0 Å². The third kappa shape index (κ3) is 6.33. The van der Waals surface area contributed by atoms with Gasteiger partial charge in [-0.25, -0.2) is 0 Å². The molecule has 3 aromatic rings. The van der Waals surface area contributed by atoms with Crippen molar-refractivity contribution in [3.8, 4) is 5.75 Å². The number of nitrogens with one attached hydrogen (secondary N) is 1. The fourth-order valence-corrected chi connectivity index (χ4v) is 4.58. The van der Waals surface area contributed by atoms with Gasteiger partial charge in [0.15, 0.2) is 0 Å². The molecular formula is C27H36N2O3. The van der Waals surface area contributed by atoms with Gasteiger partial charge >= 0.3 is 0 Å². The first-order chi connectivity index (χ1) is 15.8. The van der Waals surface area contributed by atoms with Crippen LogP contribution >= 0.6 is 0 Å². The van der Waals surface area contributed by atoms with E-state index >= 15 is 0 Å². The van der Waals surface area contributed by atoms with E-state index in [2.05, 4.69) is 23.3 Å². The maximum absolute atomic E-state index is 6.12. The number of ether oxygens (including phenoxy) is 2. The zero-order valence-corrected chi connectivity index (χ0v) is 19.3. The van der Waals surface area contributed by atoms with Crippen LogP contribution in [0.5, 0.6) is 5.75 Å². The molecule has 2 aromatic heterocycles. The first-order valence-electron chi connectivity index (χ1n) is 12.1. The van der Waals surface area contributed by atoms with Crippen molar-refractivity contribution >= 4 is 11.0 Å². The second-order valence-electron chi connectivity index (χ2n) is 8.86. The van der Waals surface area contributed by atoms with E-state index in [-0.39, 0.29) is 0 Å². The minimum atomic E-state index is 0.533. The summed E-state index contributed by atoms with van der Waals surface area (Å²) in [4.78, 5) is 4.14. The average molecular weight is 437 g/mol. The Hall–Kier alpha value is -2.37. The van der Waals surface area contributed by atoms with E-state index in [0.717, 1.165) is 60.1 Å². The van der Waals surface area contributed by atoms with Crippen molar-refractivity contribution in [3.63, 3.8) is 0 Å². The quantitative estimate of drug-likeness (QED) is 0.344. The first-order valence-corrected chi connectivity index (χ1v) is 12.1. The summed E-state index contributed by atoms with van der Waals surface area (Å²) in [7, 11) is 0. The van der Waals surface area contributed by atoms with Crippen LogP contribution in [0.3, 0.4) is 0 Å². The van der Waals surface area contributed by atoms with Crippen molar-refractivity contribution in [3.05, 3.63) is 59.6 Å². The molecule has 1 fully saturated rings. The predicted octanol–water partition coefficient (Wildman–Crippen LogP) is 6.18. The Morgan fingerprint density at radius 1 is 1.09 bits per heavy atom. The van der Waals surface area contributed by atoms with Crippen molar-refractivity contribution in [2.45, 2.75) is 65.0 Å². The minimum Gasteiger partial charge on any atom is -0.493 e. The maximum atomic E-state index is 6.12. The highest BCUT2D eigenvalue weighted by atomic mass is 16.5. The molecule has 1 aliphatic rings. The summed E-state index contributed by atoms with van der Waals surface area (Å²) < 4.78 is 18.2. The molecule has 0 radical (unpaired) electrons. The van der Waals surface area contributed by atoms with E-state index in [1.165, 1.54) is 44.1 Å². The lowest BCUT2D eigenvalue weighted by atomic mass is 9.87. The maximum Gasteiger partial charge on any atom is 0.138 e. The predicted molar refractivity (Wildman–Crippen MR) is 128 cm³/mol. The molecule has 0 atom stereocenters. The van der Waals surface area contributed by atoms with Crippen LogP contribution in [0.2, 0.25) is 0 Å². The van der Waals surface area contributed by atoms with E-state index in [9.17, 15) is 0 Å². The highest BCUT2D eigenvalue weighted by Gasteiger charge is 2.16. The van der Waals surface area contributed by atoms with Crippen molar-refractivity contribution in [2.24, 2.45) is 5.92 Å². The first kappa shape index (κ1) is 22.8. The molecule has 0 unspecified atom stereocenters. The van der Waals surface area contributed by atoms with E-state index in [1.807, 2.05) is 30.5 Å². The largest absolute Gasteiger partial charge is 0.493 e. The van der Waals surface area contributed by atoms with Crippen LogP contribution in [0.4, 0.5) is 0 Å². The molecule has 5 nitrogen and oxygen atoms in total. The summed E-state index contributed by atoms with van der Waals surface area (Å²) in [5.74, 6) is 2.65. The molecule has 1 N–H and O–H groups in total. The zero-order chi connectivity index (χ0) is 22.0. The number of pyridine rings is 1. The third-order valence-corrected chi connectivity index (χ3v) is 6.45. The number of rotatable bonds is 12. The smallest absolute Gasteiger partial charge is 0.138 e. The number of hydrogen-bond donors (Lipinski definition) is 1.